The van der Waals surface area contributed by atoms with Crippen LogP contribution in [0.5, 0.6) is 0 Å². The minimum Gasteiger partial charge on any atom is -0.329 e. The molecule has 2 nitrogen and oxygen atoms in total. The first-order valence-electron chi connectivity index (χ1n) is 4.39. The molecular formula is C10H20N2. The van der Waals surface area contributed by atoms with Crippen LogP contribution in [0.2, 0.25) is 0 Å². The molecule has 70 valence electrons. The second kappa shape index (κ2) is 5.84. The molecule has 0 aromatic rings. The summed E-state index contributed by atoms with van der Waals surface area (Å²) in [6, 6.07) is 0. The number of rotatable bonds is 6. The molecule has 0 saturated carbocycles. The van der Waals surface area contributed by atoms with E-state index in [1.807, 2.05) is 0 Å². The maximum atomic E-state index is 3.55. The van der Waals surface area contributed by atoms with Gasteiger partial charge in [-0.15, -0.1) is 0 Å². The van der Waals surface area contributed by atoms with E-state index in [1.54, 1.807) is 6.20 Å². The van der Waals surface area contributed by atoms with Crippen LogP contribution in [-0.2, 0) is 0 Å². The molecule has 0 aromatic heterocycles. The first kappa shape index (κ1) is 11.2. The second-order valence-electron chi connectivity index (χ2n) is 3.50. The Labute approximate surface area is 75.7 Å². The fraction of sp³-hybridized carbons (Fsp3) is 0.600. The van der Waals surface area contributed by atoms with Gasteiger partial charge in [0.1, 0.15) is 0 Å². The molecule has 0 saturated heterocycles. The van der Waals surface area contributed by atoms with Crippen LogP contribution in [-0.4, -0.2) is 6.54 Å². The van der Waals surface area contributed by atoms with Crippen LogP contribution in [0.4, 0.5) is 0 Å². The summed E-state index contributed by atoms with van der Waals surface area (Å²) >= 11 is 0. The van der Waals surface area contributed by atoms with Crippen molar-refractivity contribution in [3.63, 3.8) is 0 Å². The van der Waals surface area contributed by atoms with E-state index in [1.165, 1.54) is 0 Å². The highest BCUT2D eigenvalue weighted by Crippen LogP contribution is 2.15. The van der Waals surface area contributed by atoms with Gasteiger partial charge in [-0.05, 0) is 11.8 Å². The van der Waals surface area contributed by atoms with Crippen LogP contribution in [0.1, 0.15) is 27.2 Å². The third-order valence-corrected chi connectivity index (χ3v) is 1.55. The quantitative estimate of drug-likeness (QED) is 0.361. The summed E-state index contributed by atoms with van der Waals surface area (Å²) in [5.41, 5.74) is 6.13. The molecule has 0 aliphatic carbocycles. The van der Waals surface area contributed by atoms with E-state index in [2.05, 4.69) is 50.4 Å². The Morgan fingerprint density at radius 2 is 2.08 bits per heavy atom. The highest BCUT2D eigenvalue weighted by atomic mass is 15.3. The maximum absolute atomic E-state index is 3.55. The van der Waals surface area contributed by atoms with Crippen LogP contribution in [0.3, 0.4) is 0 Å². The van der Waals surface area contributed by atoms with Crippen molar-refractivity contribution in [1.82, 2.24) is 10.9 Å². The SMILES string of the molecule is C=CNNCC(C)(C)/C=C\CC. The Morgan fingerprint density at radius 3 is 2.58 bits per heavy atom. The first-order valence-corrected chi connectivity index (χ1v) is 4.39. The molecule has 0 aliphatic heterocycles. The average molecular weight is 168 g/mol. The van der Waals surface area contributed by atoms with Crippen LogP contribution in [0.15, 0.2) is 24.9 Å². The highest BCUT2D eigenvalue weighted by molar-refractivity contribution is 4.95. The zero-order valence-corrected chi connectivity index (χ0v) is 8.35. The highest BCUT2D eigenvalue weighted by Gasteiger charge is 2.11. The van der Waals surface area contributed by atoms with Crippen LogP contribution in [0.25, 0.3) is 0 Å². The fourth-order valence-electron chi connectivity index (χ4n) is 0.847. The summed E-state index contributed by atoms with van der Waals surface area (Å²) in [7, 11) is 0. The van der Waals surface area contributed by atoms with Crippen molar-refractivity contribution in [3.8, 4) is 0 Å². The average Bonchev–Trinajstić information content (AvgIpc) is 2.01. The van der Waals surface area contributed by atoms with E-state index in [0.29, 0.717) is 0 Å². The zero-order chi connectivity index (χ0) is 9.45. The van der Waals surface area contributed by atoms with Gasteiger partial charge in [-0.3, -0.25) is 0 Å². The number of hydrogen-bond acceptors (Lipinski definition) is 2. The summed E-state index contributed by atoms with van der Waals surface area (Å²) in [4.78, 5) is 0. The van der Waals surface area contributed by atoms with Crippen molar-refractivity contribution < 1.29 is 0 Å². The molecule has 12 heavy (non-hydrogen) atoms. The first-order chi connectivity index (χ1) is 5.62. The van der Waals surface area contributed by atoms with Crippen LogP contribution in [0, 0.1) is 5.41 Å². The Kier molecular flexibility index (Phi) is 5.47. The molecule has 0 atom stereocenters. The van der Waals surface area contributed by atoms with Gasteiger partial charge in [0.05, 0.1) is 0 Å². The number of hydrogen-bond donors (Lipinski definition) is 2. The van der Waals surface area contributed by atoms with Crippen molar-refractivity contribution in [2.45, 2.75) is 27.2 Å². The smallest absolute Gasteiger partial charge is 0.0233 e. The Bertz CT molecular complexity index is 148. The lowest BCUT2D eigenvalue weighted by Crippen LogP contribution is -2.35. The minimum atomic E-state index is 0.200. The van der Waals surface area contributed by atoms with E-state index < -0.39 is 0 Å². The van der Waals surface area contributed by atoms with E-state index >= 15 is 0 Å². The number of hydrazine groups is 1. The van der Waals surface area contributed by atoms with Gasteiger partial charge in [0, 0.05) is 12.7 Å². The third-order valence-electron chi connectivity index (χ3n) is 1.55. The molecule has 0 aromatic carbocycles. The molecule has 0 amide bonds. The molecule has 0 aliphatic rings. The monoisotopic (exact) mass is 168 g/mol. The normalized spacial score (nSPS) is 11.9. The summed E-state index contributed by atoms with van der Waals surface area (Å²) < 4.78 is 0. The largest absolute Gasteiger partial charge is 0.329 e. The van der Waals surface area contributed by atoms with Gasteiger partial charge in [0.25, 0.3) is 0 Å². The summed E-state index contributed by atoms with van der Waals surface area (Å²) in [5.74, 6) is 0. The Hall–Kier alpha value is -0.760. The van der Waals surface area contributed by atoms with Crippen molar-refractivity contribution in [2.24, 2.45) is 5.41 Å². The Balaban J connectivity index is 3.70. The van der Waals surface area contributed by atoms with Crippen molar-refractivity contribution in [1.29, 1.82) is 0 Å². The minimum absolute atomic E-state index is 0.200. The van der Waals surface area contributed by atoms with Crippen molar-refractivity contribution in [3.05, 3.63) is 24.9 Å². The molecule has 0 radical (unpaired) electrons. The predicted octanol–water partition coefficient (Wildman–Crippen LogP) is 2.22. The van der Waals surface area contributed by atoms with Gasteiger partial charge in [-0.2, -0.15) is 0 Å². The maximum Gasteiger partial charge on any atom is 0.0233 e. The molecule has 0 spiro atoms. The summed E-state index contributed by atoms with van der Waals surface area (Å²) in [5, 5.41) is 0. The summed E-state index contributed by atoms with van der Waals surface area (Å²) in [6.07, 6.45) is 7.15. The second-order valence-corrected chi connectivity index (χ2v) is 3.50. The lowest BCUT2D eigenvalue weighted by molar-refractivity contribution is 0.414. The molecule has 0 bridgehead atoms. The predicted molar refractivity (Wildman–Crippen MR) is 54.5 cm³/mol. The molecule has 2 heteroatoms. The molecule has 0 unspecified atom stereocenters. The van der Waals surface area contributed by atoms with Crippen molar-refractivity contribution in [2.75, 3.05) is 6.54 Å². The van der Waals surface area contributed by atoms with Crippen LogP contribution >= 0.6 is 0 Å². The third kappa shape index (κ3) is 5.98. The molecule has 0 heterocycles. The van der Waals surface area contributed by atoms with E-state index in [4.69, 9.17) is 0 Å². The molecule has 0 fully saturated rings. The lowest BCUT2D eigenvalue weighted by Gasteiger charge is -2.20. The van der Waals surface area contributed by atoms with Gasteiger partial charge in [0.2, 0.25) is 0 Å². The van der Waals surface area contributed by atoms with E-state index in [9.17, 15) is 0 Å². The Morgan fingerprint density at radius 1 is 1.42 bits per heavy atom. The summed E-state index contributed by atoms with van der Waals surface area (Å²) in [6.45, 7) is 11.0. The zero-order valence-electron chi connectivity index (χ0n) is 8.35. The molecular weight excluding hydrogens is 148 g/mol. The van der Waals surface area contributed by atoms with Gasteiger partial charge in [0.15, 0.2) is 0 Å². The van der Waals surface area contributed by atoms with Gasteiger partial charge >= 0.3 is 0 Å². The molecule has 2 N–H and O–H groups in total. The van der Waals surface area contributed by atoms with Crippen molar-refractivity contribution >= 4 is 0 Å². The van der Waals surface area contributed by atoms with Crippen LogP contribution < -0.4 is 10.9 Å². The number of allylic oxidation sites excluding steroid dienone is 1. The standard InChI is InChI=1S/C10H20N2/c1-5-7-8-10(3,4)9-12-11-6-2/h6-8,11-12H,2,5,9H2,1,3-4H3/b8-7-. The number of nitrogens with one attached hydrogen (secondary N) is 2. The van der Waals surface area contributed by atoms with E-state index in [0.717, 1.165) is 13.0 Å². The topological polar surface area (TPSA) is 24.1 Å². The van der Waals surface area contributed by atoms with Gasteiger partial charge in [-0.25, -0.2) is 5.43 Å². The van der Waals surface area contributed by atoms with Gasteiger partial charge in [-0.1, -0.05) is 39.5 Å². The van der Waals surface area contributed by atoms with E-state index in [-0.39, 0.29) is 5.41 Å². The fourth-order valence-corrected chi connectivity index (χ4v) is 0.847. The lowest BCUT2D eigenvalue weighted by atomic mass is 9.93. The molecule has 0 rings (SSSR count). The van der Waals surface area contributed by atoms with Gasteiger partial charge < -0.3 is 5.43 Å².